The molecule has 0 aliphatic heterocycles. The first kappa shape index (κ1) is 13.9. The largest absolute Gasteiger partial charge is 0.478 e. The van der Waals surface area contributed by atoms with Gasteiger partial charge in [0, 0.05) is 16.2 Å². The van der Waals surface area contributed by atoms with Crippen molar-refractivity contribution in [2.75, 3.05) is 11.5 Å². The van der Waals surface area contributed by atoms with E-state index in [1.807, 2.05) is 13.0 Å². The van der Waals surface area contributed by atoms with Crippen molar-refractivity contribution in [2.45, 2.75) is 18.2 Å². The monoisotopic (exact) mass is 271 g/mol. The molecule has 0 radical (unpaired) electrons. The summed E-state index contributed by atoms with van der Waals surface area (Å²) in [5.74, 6) is -0.251. The van der Waals surface area contributed by atoms with Gasteiger partial charge in [-0.15, -0.1) is 11.8 Å². The van der Waals surface area contributed by atoms with Crippen LogP contribution in [-0.2, 0) is 4.79 Å². The highest BCUT2D eigenvalue weighted by Crippen LogP contribution is 2.26. The molecule has 0 heterocycles. The van der Waals surface area contributed by atoms with Crippen molar-refractivity contribution >= 4 is 35.0 Å². The second-order valence-corrected chi connectivity index (χ2v) is 4.88. The van der Waals surface area contributed by atoms with Gasteiger partial charge in [0.05, 0.1) is 10.7 Å². The van der Waals surface area contributed by atoms with E-state index in [0.29, 0.717) is 28.5 Å². The predicted octanol–water partition coefficient (Wildman–Crippen LogP) is 3.44. The van der Waals surface area contributed by atoms with E-state index in [9.17, 15) is 4.79 Å². The summed E-state index contributed by atoms with van der Waals surface area (Å²) >= 11 is 7.41. The highest BCUT2D eigenvalue weighted by Gasteiger charge is 2.03. The zero-order valence-electron chi connectivity index (χ0n) is 9.44. The Morgan fingerprint density at radius 2 is 2.29 bits per heavy atom. The SMILES string of the molecule is CCC(=CCSc1ccc(N)c(Cl)c1)C(=O)O. The van der Waals surface area contributed by atoms with Crippen molar-refractivity contribution in [3.63, 3.8) is 0 Å². The number of carboxylic acid groups (broad SMARTS) is 1. The lowest BCUT2D eigenvalue weighted by atomic mass is 10.2. The second kappa shape index (κ2) is 6.57. The maximum atomic E-state index is 10.8. The first-order chi connectivity index (χ1) is 8.04. The Morgan fingerprint density at radius 3 is 2.82 bits per heavy atom. The number of hydrogen-bond donors (Lipinski definition) is 2. The summed E-state index contributed by atoms with van der Waals surface area (Å²) in [7, 11) is 0. The van der Waals surface area contributed by atoms with Gasteiger partial charge in [0.2, 0.25) is 0 Å². The summed E-state index contributed by atoms with van der Waals surface area (Å²) in [4.78, 5) is 11.7. The van der Waals surface area contributed by atoms with E-state index in [1.165, 1.54) is 11.8 Å². The topological polar surface area (TPSA) is 63.3 Å². The lowest BCUT2D eigenvalue weighted by molar-refractivity contribution is -0.132. The van der Waals surface area contributed by atoms with Gasteiger partial charge in [-0.2, -0.15) is 0 Å². The van der Waals surface area contributed by atoms with Gasteiger partial charge in [0.15, 0.2) is 0 Å². The van der Waals surface area contributed by atoms with E-state index >= 15 is 0 Å². The fraction of sp³-hybridized carbons (Fsp3) is 0.250. The Bertz CT molecular complexity index is 446. The standard InChI is InChI=1S/C12H14ClNO2S/c1-2-8(12(15)16)5-6-17-9-3-4-11(14)10(13)7-9/h3-5,7H,2,6,14H2,1H3,(H,15,16). The molecule has 0 saturated carbocycles. The average Bonchev–Trinajstić information content (AvgIpc) is 2.28. The molecule has 3 N–H and O–H groups in total. The van der Waals surface area contributed by atoms with Crippen LogP contribution in [0.5, 0.6) is 0 Å². The lowest BCUT2D eigenvalue weighted by Gasteiger charge is -2.02. The number of aliphatic carboxylic acids is 1. The summed E-state index contributed by atoms with van der Waals surface area (Å²) in [6.45, 7) is 1.82. The molecule has 1 aromatic rings. The Morgan fingerprint density at radius 1 is 1.59 bits per heavy atom. The minimum Gasteiger partial charge on any atom is -0.478 e. The molecule has 3 nitrogen and oxygen atoms in total. The molecule has 1 aromatic carbocycles. The van der Waals surface area contributed by atoms with E-state index in [4.69, 9.17) is 22.4 Å². The molecule has 1 rings (SSSR count). The zero-order chi connectivity index (χ0) is 12.8. The van der Waals surface area contributed by atoms with Gasteiger partial charge in [-0.3, -0.25) is 0 Å². The molecule has 0 atom stereocenters. The summed E-state index contributed by atoms with van der Waals surface area (Å²) in [6.07, 6.45) is 2.25. The third kappa shape index (κ3) is 4.32. The van der Waals surface area contributed by atoms with Crippen LogP contribution in [0.1, 0.15) is 13.3 Å². The Kier molecular flexibility index (Phi) is 5.38. The van der Waals surface area contributed by atoms with Crippen molar-refractivity contribution in [1.82, 2.24) is 0 Å². The van der Waals surface area contributed by atoms with Gasteiger partial charge in [-0.25, -0.2) is 4.79 Å². The minimum atomic E-state index is -0.858. The molecular formula is C12H14ClNO2S. The molecule has 0 unspecified atom stereocenters. The highest BCUT2D eigenvalue weighted by atomic mass is 35.5. The molecule has 0 aromatic heterocycles. The summed E-state index contributed by atoms with van der Waals surface area (Å²) in [5, 5.41) is 9.36. The van der Waals surface area contributed by atoms with E-state index in [0.717, 1.165) is 4.90 Å². The number of nitrogen functional groups attached to an aromatic ring is 1. The van der Waals surface area contributed by atoms with E-state index in [2.05, 4.69) is 0 Å². The van der Waals surface area contributed by atoms with Crippen LogP contribution in [0.25, 0.3) is 0 Å². The van der Waals surface area contributed by atoms with Crippen molar-refractivity contribution in [1.29, 1.82) is 0 Å². The van der Waals surface area contributed by atoms with Crippen LogP contribution in [0.2, 0.25) is 5.02 Å². The number of carbonyl (C=O) groups is 1. The molecule has 92 valence electrons. The maximum Gasteiger partial charge on any atom is 0.331 e. The molecule has 0 spiro atoms. The summed E-state index contributed by atoms with van der Waals surface area (Å²) < 4.78 is 0. The fourth-order valence-corrected chi connectivity index (χ4v) is 2.31. The number of anilines is 1. The maximum absolute atomic E-state index is 10.8. The van der Waals surface area contributed by atoms with Crippen LogP contribution >= 0.6 is 23.4 Å². The molecule has 0 fully saturated rings. The number of halogens is 1. The molecule has 17 heavy (non-hydrogen) atoms. The van der Waals surface area contributed by atoms with Crippen LogP contribution in [0.4, 0.5) is 5.69 Å². The molecule has 0 saturated heterocycles. The quantitative estimate of drug-likeness (QED) is 0.489. The van der Waals surface area contributed by atoms with Crippen molar-refractivity contribution in [2.24, 2.45) is 0 Å². The van der Waals surface area contributed by atoms with Crippen LogP contribution in [0.3, 0.4) is 0 Å². The third-order valence-corrected chi connectivity index (χ3v) is 3.46. The van der Waals surface area contributed by atoms with Gasteiger partial charge >= 0.3 is 5.97 Å². The van der Waals surface area contributed by atoms with E-state index in [1.54, 1.807) is 18.2 Å². The lowest BCUT2D eigenvalue weighted by Crippen LogP contribution is -1.99. The average molecular weight is 272 g/mol. The van der Waals surface area contributed by atoms with Crippen molar-refractivity contribution < 1.29 is 9.90 Å². The molecule has 0 amide bonds. The Hall–Kier alpha value is -1.13. The number of benzene rings is 1. The number of carboxylic acids is 1. The number of thioether (sulfide) groups is 1. The molecule has 0 aliphatic rings. The summed E-state index contributed by atoms with van der Waals surface area (Å²) in [6, 6.07) is 5.39. The minimum absolute atomic E-state index is 0.430. The van der Waals surface area contributed by atoms with Gasteiger partial charge < -0.3 is 10.8 Å². The van der Waals surface area contributed by atoms with Gasteiger partial charge in [-0.05, 0) is 24.6 Å². The number of nitrogens with two attached hydrogens (primary N) is 1. The predicted molar refractivity (Wildman–Crippen MR) is 72.6 cm³/mol. The number of hydrogen-bond acceptors (Lipinski definition) is 3. The summed E-state index contributed by atoms with van der Waals surface area (Å²) in [5.41, 5.74) is 6.57. The number of rotatable bonds is 5. The fourth-order valence-electron chi connectivity index (χ4n) is 1.22. The molecule has 0 aliphatic carbocycles. The van der Waals surface area contributed by atoms with Crippen LogP contribution < -0.4 is 5.73 Å². The van der Waals surface area contributed by atoms with Gasteiger partial charge in [-0.1, -0.05) is 24.6 Å². The Balaban J connectivity index is 2.61. The van der Waals surface area contributed by atoms with E-state index in [-0.39, 0.29) is 0 Å². The molecular weight excluding hydrogens is 258 g/mol. The first-order valence-electron chi connectivity index (χ1n) is 5.14. The highest BCUT2D eigenvalue weighted by molar-refractivity contribution is 7.99. The van der Waals surface area contributed by atoms with Crippen LogP contribution in [-0.4, -0.2) is 16.8 Å². The van der Waals surface area contributed by atoms with Gasteiger partial charge in [0.1, 0.15) is 0 Å². The normalized spacial score (nSPS) is 11.5. The molecule has 0 bridgehead atoms. The van der Waals surface area contributed by atoms with E-state index < -0.39 is 5.97 Å². The van der Waals surface area contributed by atoms with Crippen molar-refractivity contribution in [3.8, 4) is 0 Å². The second-order valence-electron chi connectivity index (χ2n) is 3.38. The van der Waals surface area contributed by atoms with Crippen LogP contribution in [0.15, 0.2) is 34.7 Å². The Labute approximate surface area is 110 Å². The van der Waals surface area contributed by atoms with Gasteiger partial charge in [0.25, 0.3) is 0 Å². The van der Waals surface area contributed by atoms with Crippen molar-refractivity contribution in [3.05, 3.63) is 34.9 Å². The smallest absolute Gasteiger partial charge is 0.331 e. The first-order valence-corrected chi connectivity index (χ1v) is 6.51. The third-order valence-electron chi connectivity index (χ3n) is 2.21. The molecule has 5 heteroatoms. The zero-order valence-corrected chi connectivity index (χ0v) is 11.0. The van der Waals surface area contributed by atoms with Crippen LogP contribution in [0, 0.1) is 0 Å².